The average Bonchev–Trinajstić information content (AvgIpc) is 2.68. The third-order valence-electron chi connectivity index (χ3n) is 4.77. The minimum atomic E-state index is -3.90. The average molecular weight is 549 g/mol. The van der Waals surface area contributed by atoms with Crippen LogP contribution < -0.4 is 9.62 Å². The van der Waals surface area contributed by atoms with Crippen molar-refractivity contribution < 1.29 is 18.0 Å². The number of halogens is 3. The lowest BCUT2D eigenvalue weighted by Gasteiger charge is -2.33. The molecule has 2 amide bonds. The zero-order valence-corrected chi connectivity index (χ0v) is 22.7. The molecule has 0 aromatic heterocycles. The van der Waals surface area contributed by atoms with E-state index in [1.54, 1.807) is 31.2 Å². The molecule has 11 heteroatoms. The van der Waals surface area contributed by atoms with Gasteiger partial charge in [0.15, 0.2) is 0 Å². The summed E-state index contributed by atoms with van der Waals surface area (Å²) in [7, 11) is -3.90. The zero-order valence-electron chi connectivity index (χ0n) is 19.6. The number of sulfonamides is 1. The summed E-state index contributed by atoms with van der Waals surface area (Å²) < 4.78 is 26.1. The molecule has 1 unspecified atom stereocenters. The molecule has 1 atom stereocenters. The van der Waals surface area contributed by atoms with Crippen molar-refractivity contribution in [2.75, 3.05) is 17.1 Å². The number of carbonyl (C=O) groups excluding carboxylic acids is 2. The van der Waals surface area contributed by atoms with E-state index in [4.69, 9.17) is 34.8 Å². The second-order valence-electron chi connectivity index (χ2n) is 8.93. The molecule has 2 aromatic rings. The summed E-state index contributed by atoms with van der Waals surface area (Å²) in [6.45, 7) is 6.56. The topological polar surface area (TPSA) is 86.8 Å². The number of anilines is 1. The number of nitrogens with zero attached hydrogens (tertiary/aromatic N) is 2. The number of benzene rings is 2. The van der Waals surface area contributed by atoms with Gasteiger partial charge < -0.3 is 10.2 Å². The first-order chi connectivity index (χ1) is 15.6. The van der Waals surface area contributed by atoms with Crippen LogP contribution in [-0.2, 0) is 26.2 Å². The highest BCUT2D eigenvalue weighted by Gasteiger charge is 2.32. The molecule has 0 heterocycles. The summed E-state index contributed by atoms with van der Waals surface area (Å²) in [5.41, 5.74) is 0.272. The van der Waals surface area contributed by atoms with Gasteiger partial charge in [-0.1, -0.05) is 46.9 Å². The van der Waals surface area contributed by atoms with Gasteiger partial charge in [-0.25, -0.2) is 8.42 Å². The van der Waals surface area contributed by atoms with Crippen molar-refractivity contribution in [3.8, 4) is 0 Å². The fourth-order valence-corrected chi connectivity index (χ4v) is 4.80. The molecule has 186 valence electrons. The van der Waals surface area contributed by atoms with Crippen LogP contribution in [0.4, 0.5) is 5.69 Å². The van der Waals surface area contributed by atoms with Crippen LogP contribution in [0.3, 0.4) is 0 Å². The first-order valence-corrected chi connectivity index (χ1v) is 13.4. The van der Waals surface area contributed by atoms with Gasteiger partial charge in [-0.15, -0.1) is 0 Å². The van der Waals surface area contributed by atoms with E-state index < -0.39 is 34.1 Å². The fraction of sp³-hybridized carbons (Fsp3) is 0.391. The Balaban J connectivity index is 2.44. The zero-order chi connectivity index (χ0) is 25.8. The molecule has 2 rings (SSSR count). The molecule has 7 nitrogen and oxygen atoms in total. The Hall–Kier alpha value is -2.00. The summed E-state index contributed by atoms with van der Waals surface area (Å²) in [5, 5.41) is 3.73. The Morgan fingerprint density at radius 2 is 1.65 bits per heavy atom. The van der Waals surface area contributed by atoms with Gasteiger partial charge in [0, 0.05) is 22.1 Å². The molecule has 0 aliphatic heterocycles. The minimum absolute atomic E-state index is 0.0457. The molecule has 1 N–H and O–H groups in total. The van der Waals surface area contributed by atoms with Crippen LogP contribution >= 0.6 is 34.8 Å². The van der Waals surface area contributed by atoms with Gasteiger partial charge in [0.2, 0.25) is 21.8 Å². The maximum absolute atomic E-state index is 13.5. The van der Waals surface area contributed by atoms with Crippen LogP contribution in [0.1, 0.15) is 33.3 Å². The van der Waals surface area contributed by atoms with E-state index in [9.17, 15) is 18.0 Å². The van der Waals surface area contributed by atoms with Crippen molar-refractivity contribution >= 4 is 62.3 Å². The van der Waals surface area contributed by atoms with E-state index in [0.29, 0.717) is 15.6 Å². The minimum Gasteiger partial charge on any atom is -0.350 e. The van der Waals surface area contributed by atoms with Crippen molar-refractivity contribution in [3.63, 3.8) is 0 Å². The Kier molecular flexibility index (Phi) is 9.27. The van der Waals surface area contributed by atoms with Gasteiger partial charge in [0.1, 0.15) is 12.6 Å². The third-order valence-corrected chi connectivity index (χ3v) is 6.66. The second kappa shape index (κ2) is 11.2. The summed E-state index contributed by atoms with van der Waals surface area (Å²) in [4.78, 5) is 27.7. The lowest BCUT2D eigenvalue weighted by molar-refractivity contribution is -0.140. The van der Waals surface area contributed by atoms with E-state index >= 15 is 0 Å². The predicted molar refractivity (Wildman–Crippen MR) is 138 cm³/mol. The smallest absolute Gasteiger partial charge is 0.244 e. The fourth-order valence-electron chi connectivity index (χ4n) is 3.17. The van der Waals surface area contributed by atoms with Crippen LogP contribution in [0.2, 0.25) is 15.1 Å². The van der Waals surface area contributed by atoms with Gasteiger partial charge in [0.05, 0.1) is 17.0 Å². The quantitative estimate of drug-likeness (QED) is 0.516. The lowest BCUT2D eigenvalue weighted by atomic mass is 10.1. The van der Waals surface area contributed by atoms with Crippen LogP contribution in [-0.4, -0.2) is 49.5 Å². The number of carbonyl (C=O) groups is 2. The van der Waals surface area contributed by atoms with Crippen LogP contribution in [0.15, 0.2) is 42.5 Å². The van der Waals surface area contributed by atoms with Crippen molar-refractivity contribution in [1.29, 1.82) is 0 Å². The van der Waals surface area contributed by atoms with Crippen LogP contribution in [0.5, 0.6) is 0 Å². The molecule has 0 bridgehead atoms. The monoisotopic (exact) mass is 547 g/mol. The number of nitrogens with one attached hydrogen (secondary N) is 1. The van der Waals surface area contributed by atoms with E-state index in [0.717, 1.165) is 10.6 Å². The molecule has 0 aliphatic carbocycles. The summed E-state index contributed by atoms with van der Waals surface area (Å²) in [5.74, 6) is -0.966. The van der Waals surface area contributed by atoms with Crippen molar-refractivity contribution in [2.24, 2.45) is 0 Å². The normalized spacial score (nSPS) is 12.7. The molecule has 0 saturated carbocycles. The largest absolute Gasteiger partial charge is 0.350 e. The van der Waals surface area contributed by atoms with Crippen molar-refractivity contribution in [3.05, 3.63) is 63.1 Å². The summed E-state index contributed by atoms with van der Waals surface area (Å²) in [6.07, 6.45) is 0.974. The Morgan fingerprint density at radius 3 is 2.18 bits per heavy atom. The summed E-state index contributed by atoms with van der Waals surface area (Å²) >= 11 is 18.3. The molecule has 0 aliphatic rings. The molecule has 34 heavy (non-hydrogen) atoms. The van der Waals surface area contributed by atoms with Gasteiger partial charge in [-0.3, -0.25) is 13.9 Å². The van der Waals surface area contributed by atoms with Crippen LogP contribution in [0.25, 0.3) is 0 Å². The van der Waals surface area contributed by atoms with Gasteiger partial charge in [-0.05, 0) is 63.6 Å². The first kappa shape index (κ1) is 28.2. The van der Waals surface area contributed by atoms with Crippen LogP contribution in [0, 0.1) is 0 Å². The molecule has 0 spiro atoms. The number of rotatable bonds is 8. The molecule has 2 aromatic carbocycles. The van der Waals surface area contributed by atoms with E-state index in [-0.39, 0.29) is 23.2 Å². The molecule has 0 radical (unpaired) electrons. The Bertz CT molecular complexity index is 1170. The highest BCUT2D eigenvalue weighted by atomic mass is 35.5. The third kappa shape index (κ3) is 8.05. The standard InChI is InChI=1S/C23H28Cl3N3O4S/c1-15(22(31)27-23(2,3)4)28(13-16-7-6-8-17(24)11-16)21(30)14-29(34(5,32)33)20-10-9-18(25)12-19(20)26/h6-12,15H,13-14H2,1-5H3,(H,27,31). The maximum atomic E-state index is 13.5. The number of hydrogen-bond acceptors (Lipinski definition) is 4. The predicted octanol–water partition coefficient (Wildman–Crippen LogP) is 4.74. The second-order valence-corrected chi connectivity index (χ2v) is 12.1. The van der Waals surface area contributed by atoms with Crippen molar-refractivity contribution in [2.45, 2.75) is 45.8 Å². The molecule has 0 saturated heterocycles. The Labute approximate surface area is 216 Å². The van der Waals surface area contributed by atoms with E-state index in [2.05, 4.69) is 5.32 Å². The number of hydrogen-bond donors (Lipinski definition) is 1. The number of amides is 2. The van der Waals surface area contributed by atoms with Gasteiger partial charge >= 0.3 is 0 Å². The lowest BCUT2D eigenvalue weighted by Crippen LogP contribution is -2.54. The molecular formula is C23H28Cl3N3O4S. The Morgan fingerprint density at radius 1 is 1.03 bits per heavy atom. The molecular weight excluding hydrogens is 521 g/mol. The molecule has 0 fully saturated rings. The van der Waals surface area contributed by atoms with Crippen molar-refractivity contribution in [1.82, 2.24) is 10.2 Å². The highest BCUT2D eigenvalue weighted by molar-refractivity contribution is 7.92. The van der Waals surface area contributed by atoms with E-state index in [1.807, 2.05) is 20.8 Å². The van der Waals surface area contributed by atoms with Gasteiger partial charge in [0.25, 0.3) is 0 Å². The maximum Gasteiger partial charge on any atom is 0.244 e. The van der Waals surface area contributed by atoms with Gasteiger partial charge in [-0.2, -0.15) is 0 Å². The SMILES string of the molecule is CC(C(=O)NC(C)(C)C)N(Cc1cccc(Cl)c1)C(=O)CN(c1ccc(Cl)cc1Cl)S(C)(=O)=O. The highest BCUT2D eigenvalue weighted by Crippen LogP contribution is 2.30. The summed E-state index contributed by atoms with van der Waals surface area (Å²) in [6, 6.07) is 10.3. The first-order valence-electron chi connectivity index (χ1n) is 10.4. The van der Waals surface area contributed by atoms with E-state index in [1.165, 1.54) is 23.1 Å².